The normalized spacial score (nSPS) is 11.1. The van der Waals surface area contributed by atoms with Crippen LogP contribution >= 0.6 is 23.2 Å². The van der Waals surface area contributed by atoms with Crippen LogP contribution in [-0.2, 0) is 10.0 Å². The molecular weight excluding hydrogens is 449 g/mol. The molecule has 10 heteroatoms. The number of benzene rings is 2. The molecule has 156 valence electrons. The summed E-state index contributed by atoms with van der Waals surface area (Å²) in [6, 6.07) is 12.6. The average Bonchev–Trinajstić information content (AvgIpc) is 2.71. The van der Waals surface area contributed by atoms with Gasteiger partial charge in [-0.25, -0.2) is 13.4 Å². The maximum Gasteiger partial charge on any atom is 0.262 e. The van der Waals surface area contributed by atoms with E-state index in [9.17, 15) is 13.2 Å². The van der Waals surface area contributed by atoms with Crippen molar-refractivity contribution in [1.29, 1.82) is 0 Å². The second kappa shape index (κ2) is 8.91. The number of aryl methyl sites for hydroxylation is 1. The maximum atomic E-state index is 13.0. The van der Waals surface area contributed by atoms with Crippen molar-refractivity contribution in [3.05, 3.63) is 76.0 Å². The molecule has 1 aromatic heterocycles. The Balaban J connectivity index is 1.89. The van der Waals surface area contributed by atoms with Gasteiger partial charge in [-0.15, -0.1) is 0 Å². The van der Waals surface area contributed by atoms with Crippen molar-refractivity contribution in [2.75, 3.05) is 17.1 Å². The lowest BCUT2D eigenvalue weighted by molar-refractivity contribution is 0.102. The van der Waals surface area contributed by atoms with Crippen LogP contribution in [0.15, 0.2) is 59.6 Å². The number of sulfonamides is 1. The van der Waals surface area contributed by atoms with Crippen molar-refractivity contribution in [1.82, 2.24) is 4.98 Å². The molecule has 0 aliphatic heterocycles. The van der Waals surface area contributed by atoms with Gasteiger partial charge in [0.05, 0.1) is 28.3 Å². The van der Waals surface area contributed by atoms with Gasteiger partial charge in [-0.05, 0) is 42.8 Å². The number of amides is 1. The molecule has 0 fully saturated rings. The number of pyridine rings is 1. The molecule has 1 amide bonds. The first-order chi connectivity index (χ1) is 14.2. The monoisotopic (exact) mass is 465 g/mol. The summed E-state index contributed by atoms with van der Waals surface area (Å²) in [5.41, 5.74) is 1.28. The van der Waals surface area contributed by atoms with Gasteiger partial charge in [-0.1, -0.05) is 41.4 Å². The molecule has 0 saturated carbocycles. The Kier molecular flexibility index (Phi) is 6.50. The van der Waals surface area contributed by atoms with Crippen LogP contribution in [0.5, 0.6) is 5.75 Å². The lowest BCUT2D eigenvalue weighted by Gasteiger charge is -2.14. The summed E-state index contributed by atoms with van der Waals surface area (Å²) in [4.78, 5) is 16.3. The van der Waals surface area contributed by atoms with E-state index in [4.69, 9.17) is 27.9 Å². The van der Waals surface area contributed by atoms with Crippen molar-refractivity contribution in [2.45, 2.75) is 11.8 Å². The van der Waals surface area contributed by atoms with Crippen LogP contribution in [0.4, 0.5) is 11.4 Å². The molecule has 0 unspecified atom stereocenters. The summed E-state index contributed by atoms with van der Waals surface area (Å²) < 4.78 is 33.6. The summed E-state index contributed by atoms with van der Waals surface area (Å²) in [5.74, 6) is -0.124. The number of ether oxygens (including phenoxy) is 1. The average molecular weight is 466 g/mol. The van der Waals surface area contributed by atoms with Crippen molar-refractivity contribution >= 4 is 50.5 Å². The van der Waals surface area contributed by atoms with Crippen molar-refractivity contribution in [3.8, 4) is 5.75 Å². The molecule has 0 radical (unpaired) electrons. The highest BCUT2D eigenvalue weighted by molar-refractivity contribution is 7.92. The molecule has 2 aromatic carbocycles. The first kappa shape index (κ1) is 21.9. The summed E-state index contributed by atoms with van der Waals surface area (Å²) in [6.07, 6.45) is 1.28. The fraction of sp³-hybridized carbons (Fsp3) is 0.100. The zero-order valence-corrected chi connectivity index (χ0v) is 18.3. The third-order valence-corrected chi connectivity index (χ3v) is 6.34. The van der Waals surface area contributed by atoms with Gasteiger partial charge in [0.1, 0.15) is 10.9 Å². The summed E-state index contributed by atoms with van der Waals surface area (Å²) >= 11 is 11.7. The van der Waals surface area contributed by atoms with Crippen molar-refractivity contribution in [2.24, 2.45) is 0 Å². The number of rotatable bonds is 6. The highest BCUT2D eigenvalue weighted by Crippen LogP contribution is 2.28. The Hall–Kier alpha value is -2.81. The van der Waals surface area contributed by atoms with Gasteiger partial charge in [-0.2, -0.15) is 0 Å². The van der Waals surface area contributed by atoms with Crippen LogP contribution < -0.4 is 14.8 Å². The predicted molar refractivity (Wildman–Crippen MR) is 117 cm³/mol. The Morgan fingerprint density at radius 2 is 1.83 bits per heavy atom. The van der Waals surface area contributed by atoms with Crippen LogP contribution in [0.2, 0.25) is 10.2 Å². The zero-order valence-electron chi connectivity index (χ0n) is 15.9. The Labute approximate surface area is 184 Å². The number of nitrogens with one attached hydrogen (secondary N) is 2. The fourth-order valence-corrected chi connectivity index (χ4v) is 4.26. The SMILES string of the molecule is COc1ccccc1NS(=O)(=O)c1cc(NC(=O)c2cnc(Cl)c(Cl)c2)ccc1C. The van der Waals surface area contributed by atoms with Crippen molar-refractivity contribution < 1.29 is 17.9 Å². The van der Waals surface area contributed by atoms with E-state index in [0.717, 1.165) is 0 Å². The molecule has 3 aromatic rings. The van der Waals surface area contributed by atoms with E-state index in [1.165, 1.54) is 25.4 Å². The molecule has 0 saturated heterocycles. The van der Waals surface area contributed by atoms with Crippen LogP contribution in [0, 0.1) is 6.92 Å². The largest absolute Gasteiger partial charge is 0.495 e. The number of anilines is 2. The van der Waals surface area contributed by atoms with E-state index in [1.54, 1.807) is 43.3 Å². The molecule has 30 heavy (non-hydrogen) atoms. The van der Waals surface area contributed by atoms with E-state index in [0.29, 0.717) is 17.0 Å². The summed E-state index contributed by atoms with van der Waals surface area (Å²) in [6.45, 7) is 1.66. The maximum absolute atomic E-state index is 13.0. The Morgan fingerprint density at radius 1 is 1.10 bits per heavy atom. The van der Waals surface area contributed by atoms with Gasteiger partial charge in [0.2, 0.25) is 0 Å². The fourth-order valence-electron chi connectivity index (χ4n) is 2.64. The Bertz CT molecular complexity index is 1220. The molecule has 1 heterocycles. The minimum Gasteiger partial charge on any atom is -0.495 e. The summed E-state index contributed by atoms with van der Waals surface area (Å²) in [5, 5.41) is 2.85. The predicted octanol–water partition coefficient (Wildman–Crippen LogP) is 4.76. The van der Waals surface area contributed by atoms with Crippen LogP contribution in [0.25, 0.3) is 0 Å². The van der Waals surface area contributed by atoms with E-state index in [-0.39, 0.29) is 26.3 Å². The minimum atomic E-state index is -3.94. The number of aromatic nitrogens is 1. The van der Waals surface area contributed by atoms with E-state index in [1.807, 2.05) is 0 Å². The lowest BCUT2D eigenvalue weighted by atomic mass is 10.2. The minimum absolute atomic E-state index is 0.0125. The highest BCUT2D eigenvalue weighted by Gasteiger charge is 2.20. The first-order valence-electron chi connectivity index (χ1n) is 8.60. The molecule has 0 aliphatic rings. The van der Waals surface area contributed by atoms with Crippen LogP contribution in [0.1, 0.15) is 15.9 Å². The number of methoxy groups -OCH3 is 1. The smallest absolute Gasteiger partial charge is 0.262 e. The molecule has 0 aliphatic carbocycles. The third-order valence-electron chi connectivity index (χ3n) is 4.15. The molecule has 2 N–H and O–H groups in total. The standard InChI is InChI=1S/C20H17Cl2N3O4S/c1-12-7-8-14(24-20(26)13-9-15(21)19(22)23-11-13)10-18(12)30(27,28)25-16-5-3-4-6-17(16)29-2/h3-11,25H,1-2H3,(H,24,26). The van der Waals surface area contributed by atoms with Gasteiger partial charge < -0.3 is 10.1 Å². The van der Waals surface area contributed by atoms with Crippen molar-refractivity contribution in [3.63, 3.8) is 0 Å². The van der Waals surface area contributed by atoms with Gasteiger partial charge in [0.25, 0.3) is 15.9 Å². The molecule has 0 bridgehead atoms. The molecular formula is C20H17Cl2N3O4S. The second-order valence-corrected chi connectivity index (χ2v) is 8.65. The second-order valence-electron chi connectivity index (χ2n) is 6.24. The summed E-state index contributed by atoms with van der Waals surface area (Å²) in [7, 11) is -2.49. The van der Waals surface area contributed by atoms with Crippen LogP contribution in [-0.4, -0.2) is 26.4 Å². The number of carbonyl (C=O) groups is 1. The lowest BCUT2D eigenvalue weighted by Crippen LogP contribution is -2.16. The number of halogens is 2. The molecule has 0 spiro atoms. The molecule has 3 rings (SSSR count). The number of hydrogen-bond donors (Lipinski definition) is 2. The molecule has 7 nitrogen and oxygen atoms in total. The molecule has 0 atom stereocenters. The number of para-hydroxylation sites is 2. The van der Waals surface area contributed by atoms with Gasteiger partial charge in [0, 0.05) is 11.9 Å². The van der Waals surface area contributed by atoms with Gasteiger partial charge in [-0.3, -0.25) is 9.52 Å². The third kappa shape index (κ3) is 4.84. The van der Waals surface area contributed by atoms with E-state index >= 15 is 0 Å². The highest BCUT2D eigenvalue weighted by atomic mass is 35.5. The zero-order chi connectivity index (χ0) is 21.9. The first-order valence-corrected chi connectivity index (χ1v) is 10.8. The quantitative estimate of drug-likeness (QED) is 0.511. The van der Waals surface area contributed by atoms with Crippen LogP contribution in [0.3, 0.4) is 0 Å². The van der Waals surface area contributed by atoms with Gasteiger partial charge in [0.15, 0.2) is 0 Å². The number of nitrogens with zero attached hydrogens (tertiary/aromatic N) is 1. The van der Waals surface area contributed by atoms with E-state index < -0.39 is 15.9 Å². The Morgan fingerprint density at radius 3 is 2.53 bits per heavy atom. The number of hydrogen-bond acceptors (Lipinski definition) is 5. The van der Waals surface area contributed by atoms with E-state index in [2.05, 4.69) is 15.0 Å². The van der Waals surface area contributed by atoms with Gasteiger partial charge >= 0.3 is 0 Å². The topological polar surface area (TPSA) is 97.4 Å². The number of carbonyl (C=O) groups excluding carboxylic acids is 1.